The van der Waals surface area contributed by atoms with Gasteiger partial charge in [0.25, 0.3) is 0 Å². The van der Waals surface area contributed by atoms with Crippen LogP contribution in [0.15, 0.2) is 0 Å². The van der Waals surface area contributed by atoms with Gasteiger partial charge in [0, 0.05) is 12.6 Å². The molecule has 1 heterocycles. The summed E-state index contributed by atoms with van der Waals surface area (Å²) in [5, 5.41) is 6.33. The number of carbonyl (C=O) groups is 1. The number of rotatable bonds is 2. The molecule has 1 fully saturated rings. The molecule has 13 heavy (non-hydrogen) atoms. The van der Waals surface area contributed by atoms with E-state index >= 15 is 0 Å². The van der Waals surface area contributed by atoms with Crippen molar-refractivity contribution < 1.29 is 4.79 Å². The zero-order valence-electron chi connectivity index (χ0n) is 8.92. The first-order valence-corrected chi connectivity index (χ1v) is 5.06. The molecule has 3 nitrogen and oxygen atoms in total. The van der Waals surface area contributed by atoms with Crippen molar-refractivity contribution in [2.75, 3.05) is 6.54 Å². The molecule has 76 valence electrons. The maximum Gasteiger partial charge on any atom is 0.237 e. The lowest BCUT2D eigenvalue weighted by molar-refractivity contribution is -0.127. The highest BCUT2D eigenvalue weighted by Gasteiger charge is 2.30. The average Bonchev–Trinajstić information content (AvgIpc) is 2.03. The Morgan fingerprint density at radius 1 is 1.23 bits per heavy atom. The molecule has 1 rings (SSSR count). The molecule has 0 aromatic rings. The summed E-state index contributed by atoms with van der Waals surface area (Å²) in [6.07, 6.45) is 0. The molecule has 3 heteroatoms. The summed E-state index contributed by atoms with van der Waals surface area (Å²) in [6.45, 7) is 9.27. The average molecular weight is 184 g/mol. The largest absolute Gasteiger partial charge is 0.350 e. The zero-order chi connectivity index (χ0) is 10.0. The summed E-state index contributed by atoms with van der Waals surface area (Å²) in [7, 11) is 0. The summed E-state index contributed by atoms with van der Waals surface area (Å²) < 4.78 is 0. The maximum absolute atomic E-state index is 11.6. The highest BCUT2D eigenvalue weighted by atomic mass is 16.2. The summed E-state index contributed by atoms with van der Waals surface area (Å²) in [6, 6.07) is 0.289. The summed E-state index contributed by atoms with van der Waals surface area (Å²) >= 11 is 0. The van der Waals surface area contributed by atoms with Crippen LogP contribution < -0.4 is 10.6 Å². The van der Waals surface area contributed by atoms with Gasteiger partial charge in [-0.25, -0.2) is 0 Å². The lowest BCUT2D eigenvalue weighted by atomic mass is 9.96. The Labute approximate surface area is 80.3 Å². The van der Waals surface area contributed by atoms with Crippen LogP contribution >= 0.6 is 0 Å². The Hall–Kier alpha value is -0.570. The molecule has 1 amide bonds. The minimum Gasteiger partial charge on any atom is -0.350 e. The van der Waals surface area contributed by atoms with Gasteiger partial charge < -0.3 is 10.6 Å². The van der Waals surface area contributed by atoms with Crippen LogP contribution in [0.3, 0.4) is 0 Å². The van der Waals surface area contributed by atoms with Gasteiger partial charge >= 0.3 is 0 Å². The Morgan fingerprint density at radius 3 is 2.23 bits per heavy atom. The highest BCUT2D eigenvalue weighted by molar-refractivity contribution is 5.83. The van der Waals surface area contributed by atoms with Crippen molar-refractivity contribution in [3.05, 3.63) is 0 Å². The van der Waals surface area contributed by atoms with Crippen molar-refractivity contribution in [1.29, 1.82) is 0 Å². The number of hydrogen-bond donors (Lipinski definition) is 2. The topological polar surface area (TPSA) is 41.1 Å². The molecular formula is C10H20N2O. The van der Waals surface area contributed by atoms with Gasteiger partial charge in [0.2, 0.25) is 5.91 Å². The fourth-order valence-corrected chi connectivity index (χ4v) is 1.61. The molecule has 0 unspecified atom stereocenters. The van der Waals surface area contributed by atoms with Crippen LogP contribution in [0.25, 0.3) is 0 Å². The molecule has 0 saturated carbocycles. The molecule has 0 aliphatic carbocycles. The van der Waals surface area contributed by atoms with Crippen LogP contribution in [-0.4, -0.2) is 24.5 Å². The van der Waals surface area contributed by atoms with Crippen LogP contribution in [0.2, 0.25) is 0 Å². The SMILES string of the molecule is CC(C)[C@@H]1CN[C@@H](C(C)C)C(=O)N1. The molecule has 0 radical (unpaired) electrons. The van der Waals surface area contributed by atoms with Crippen molar-refractivity contribution in [2.45, 2.75) is 39.8 Å². The van der Waals surface area contributed by atoms with E-state index in [1.54, 1.807) is 0 Å². The van der Waals surface area contributed by atoms with E-state index < -0.39 is 0 Å². The first-order chi connectivity index (χ1) is 6.02. The predicted octanol–water partition coefficient (Wildman–Crippen LogP) is 0.755. The van der Waals surface area contributed by atoms with Gasteiger partial charge in [-0.2, -0.15) is 0 Å². The summed E-state index contributed by atoms with van der Waals surface area (Å²) in [5.41, 5.74) is 0. The van der Waals surface area contributed by atoms with E-state index in [9.17, 15) is 4.79 Å². The lowest BCUT2D eigenvalue weighted by Crippen LogP contribution is -2.61. The Kier molecular flexibility index (Phi) is 3.31. The molecule has 0 spiro atoms. The van der Waals surface area contributed by atoms with Crippen LogP contribution in [0.5, 0.6) is 0 Å². The van der Waals surface area contributed by atoms with Gasteiger partial charge in [-0.1, -0.05) is 27.7 Å². The number of nitrogens with one attached hydrogen (secondary N) is 2. The van der Waals surface area contributed by atoms with Crippen molar-refractivity contribution in [3.8, 4) is 0 Å². The quantitative estimate of drug-likeness (QED) is 0.665. The monoisotopic (exact) mass is 184 g/mol. The smallest absolute Gasteiger partial charge is 0.237 e. The molecule has 1 aliphatic heterocycles. The molecule has 1 saturated heterocycles. The highest BCUT2D eigenvalue weighted by Crippen LogP contribution is 2.10. The number of piperazine rings is 1. The van der Waals surface area contributed by atoms with Gasteiger partial charge in [-0.3, -0.25) is 4.79 Å². The zero-order valence-corrected chi connectivity index (χ0v) is 8.92. The van der Waals surface area contributed by atoms with E-state index in [-0.39, 0.29) is 11.9 Å². The summed E-state index contributed by atoms with van der Waals surface area (Å²) in [4.78, 5) is 11.6. The normalized spacial score (nSPS) is 29.5. The first-order valence-electron chi connectivity index (χ1n) is 5.06. The van der Waals surface area contributed by atoms with Crippen molar-refractivity contribution in [1.82, 2.24) is 10.6 Å². The predicted molar refractivity (Wildman–Crippen MR) is 53.4 cm³/mol. The van der Waals surface area contributed by atoms with E-state index in [4.69, 9.17) is 0 Å². The molecular weight excluding hydrogens is 164 g/mol. The van der Waals surface area contributed by atoms with Crippen LogP contribution in [-0.2, 0) is 4.79 Å². The maximum atomic E-state index is 11.6. The second-order valence-corrected chi connectivity index (χ2v) is 4.49. The van der Waals surface area contributed by atoms with E-state index in [0.717, 1.165) is 6.54 Å². The summed E-state index contributed by atoms with van der Waals surface area (Å²) in [5.74, 6) is 1.03. The van der Waals surface area contributed by atoms with Crippen LogP contribution in [0, 0.1) is 11.8 Å². The van der Waals surface area contributed by atoms with Gasteiger partial charge in [-0.15, -0.1) is 0 Å². The molecule has 2 N–H and O–H groups in total. The fraction of sp³-hybridized carbons (Fsp3) is 0.900. The van der Waals surface area contributed by atoms with Gasteiger partial charge in [-0.05, 0) is 11.8 Å². The van der Waals surface area contributed by atoms with E-state index in [2.05, 4.69) is 38.3 Å². The van der Waals surface area contributed by atoms with Crippen molar-refractivity contribution >= 4 is 5.91 Å². The number of hydrogen-bond acceptors (Lipinski definition) is 2. The Bertz CT molecular complexity index is 189. The van der Waals surface area contributed by atoms with Crippen molar-refractivity contribution in [2.24, 2.45) is 11.8 Å². The second kappa shape index (κ2) is 4.09. The first kappa shape index (κ1) is 10.5. The molecule has 2 atom stereocenters. The second-order valence-electron chi connectivity index (χ2n) is 4.49. The van der Waals surface area contributed by atoms with E-state index in [0.29, 0.717) is 17.9 Å². The molecule has 0 aromatic heterocycles. The van der Waals surface area contributed by atoms with E-state index in [1.807, 2.05) is 0 Å². The van der Waals surface area contributed by atoms with Gasteiger partial charge in [0.05, 0.1) is 6.04 Å². The fourth-order valence-electron chi connectivity index (χ4n) is 1.61. The molecule has 0 aromatic carbocycles. The minimum atomic E-state index is -0.00463. The van der Waals surface area contributed by atoms with Crippen LogP contribution in [0.1, 0.15) is 27.7 Å². The third-order valence-corrected chi connectivity index (χ3v) is 2.64. The Balaban J connectivity index is 2.52. The van der Waals surface area contributed by atoms with Gasteiger partial charge in [0.15, 0.2) is 0 Å². The third-order valence-electron chi connectivity index (χ3n) is 2.64. The van der Waals surface area contributed by atoms with Gasteiger partial charge in [0.1, 0.15) is 0 Å². The molecule has 1 aliphatic rings. The Morgan fingerprint density at radius 2 is 1.85 bits per heavy atom. The molecule has 0 bridgehead atoms. The lowest BCUT2D eigenvalue weighted by Gasteiger charge is -2.34. The van der Waals surface area contributed by atoms with Crippen LogP contribution in [0.4, 0.5) is 0 Å². The van der Waals surface area contributed by atoms with Crippen molar-refractivity contribution in [3.63, 3.8) is 0 Å². The third kappa shape index (κ3) is 2.44. The van der Waals surface area contributed by atoms with E-state index in [1.165, 1.54) is 0 Å². The number of carbonyl (C=O) groups excluding carboxylic acids is 1. The standard InChI is InChI=1S/C10H20N2O/c1-6(2)8-5-11-9(7(3)4)10(13)12-8/h6-9,11H,5H2,1-4H3,(H,12,13)/t8-,9-/m0/s1. The minimum absolute atomic E-state index is 0.00463. The number of amides is 1.